The van der Waals surface area contributed by atoms with Gasteiger partial charge in [-0.3, -0.25) is 10.1 Å². The second-order valence-corrected chi connectivity index (χ2v) is 4.99. The second-order valence-electron chi connectivity index (χ2n) is 3.32. The van der Waals surface area contributed by atoms with Crippen molar-refractivity contribution >= 4 is 44.3 Å². The summed E-state index contributed by atoms with van der Waals surface area (Å²) >= 11 is 4.21. The summed E-state index contributed by atoms with van der Waals surface area (Å²) in [7, 11) is 0. The third-order valence-corrected chi connectivity index (χ3v) is 2.91. The Morgan fingerprint density at radius 3 is 2.67 bits per heavy atom. The number of halogens is 1. The molecule has 9 nitrogen and oxygen atoms in total. The Morgan fingerprint density at radius 1 is 1.52 bits per heavy atom. The normalized spacial score (nSPS) is 9.67. The molecule has 0 aliphatic rings. The molecular weight excluding hydrogens is 368 g/mol. The van der Waals surface area contributed by atoms with E-state index < -0.39 is 11.9 Å². The highest BCUT2D eigenvalue weighted by atomic mass is 79.9. The molecule has 0 fully saturated rings. The SMILES string of the molecule is NCCO.O=C(O)C(=O)Nc1nc(-c2cc(Br)no2)cs1. The number of aromatic nitrogens is 2. The van der Waals surface area contributed by atoms with Crippen LogP contribution in [0.2, 0.25) is 0 Å². The van der Waals surface area contributed by atoms with Gasteiger partial charge in [0.15, 0.2) is 10.9 Å². The highest BCUT2D eigenvalue weighted by Gasteiger charge is 2.15. The van der Waals surface area contributed by atoms with E-state index in [-0.39, 0.29) is 11.7 Å². The minimum absolute atomic E-state index is 0.0972. The molecule has 0 aliphatic heterocycles. The van der Waals surface area contributed by atoms with Gasteiger partial charge in [0.1, 0.15) is 10.3 Å². The first kappa shape index (κ1) is 17.2. The number of carboxylic acid groups (broad SMARTS) is 1. The maximum Gasteiger partial charge on any atom is 0.394 e. The number of hydrogen-bond acceptors (Lipinski definition) is 8. The van der Waals surface area contributed by atoms with Crippen molar-refractivity contribution in [2.75, 3.05) is 18.5 Å². The molecule has 0 bridgehead atoms. The summed E-state index contributed by atoms with van der Waals surface area (Å²) in [6.07, 6.45) is 0. The zero-order valence-electron chi connectivity index (χ0n) is 10.4. The van der Waals surface area contributed by atoms with E-state index in [1.807, 2.05) is 0 Å². The minimum atomic E-state index is -1.57. The smallest absolute Gasteiger partial charge is 0.394 e. The van der Waals surface area contributed by atoms with Crippen LogP contribution in [-0.4, -0.2) is 45.4 Å². The number of rotatable bonds is 3. The summed E-state index contributed by atoms with van der Waals surface area (Å²) in [5.74, 6) is -2.28. The van der Waals surface area contributed by atoms with Gasteiger partial charge in [-0.2, -0.15) is 0 Å². The Labute approximate surface area is 130 Å². The van der Waals surface area contributed by atoms with Crippen LogP contribution in [0.25, 0.3) is 11.5 Å². The monoisotopic (exact) mass is 378 g/mol. The van der Waals surface area contributed by atoms with E-state index in [1.54, 1.807) is 11.4 Å². The van der Waals surface area contributed by atoms with Crippen LogP contribution >= 0.6 is 27.3 Å². The predicted octanol–water partition coefficient (Wildman–Crippen LogP) is 0.521. The summed E-state index contributed by atoms with van der Waals surface area (Å²) in [6.45, 7) is 0.472. The van der Waals surface area contributed by atoms with Gasteiger partial charge < -0.3 is 20.5 Å². The number of carbonyl (C=O) groups is 2. The van der Waals surface area contributed by atoms with Crippen molar-refractivity contribution in [3.05, 3.63) is 16.0 Å². The number of aliphatic carboxylic acids is 1. The molecule has 11 heteroatoms. The molecule has 2 aromatic rings. The number of carboxylic acids is 1. The van der Waals surface area contributed by atoms with Gasteiger partial charge in [-0.05, 0) is 15.9 Å². The third kappa shape index (κ3) is 5.59. The molecule has 21 heavy (non-hydrogen) atoms. The molecule has 114 valence electrons. The second kappa shape index (κ2) is 8.46. The number of aliphatic hydroxyl groups is 1. The number of nitrogens with two attached hydrogens (primary N) is 1. The molecule has 0 atom stereocenters. The van der Waals surface area contributed by atoms with E-state index in [9.17, 15) is 9.59 Å². The van der Waals surface area contributed by atoms with Gasteiger partial charge in [-0.1, -0.05) is 5.16 Å². The van der Waals surface area contributed by atoms with Crippen LogP contribution in [-0.2, 0) is 9.59 Å². The Hall–Kier alpha value is -1.82. The Balaban J connectivity index is 0.000000491. The van der Waals surface area contributed by atoms with Gasteiger partial charge in [-0.15, -0.1) is 11.3 Å². The zero-order chi connectivity index (χ0) is 15.8. The van der Waals surface area contributed by atoms with Crippen molar-refractivity contribution < 1.29 is 24.3 Å². The molecule has 0 saturated carbocycles. The van der Waals surface area contributed by atoms with Crippen LogP contribution in [0.1, 0.15) is 0 Å². The highest BCUT2D eigenvalue weighted by Crippen LogP contribution is 2.26. The van der Waals surface area contributed by atoms with E-state index in [2.05, 4.69) is 31.4 Å². The van der Waals surface area contributed by atoms with Crippen molar-refractivity contribution in [1.29, 1.82) is 0 Å². The number of amides is 1. The summed E-state index contributed by atoms with van der Waals surface area (Å²) in [5.41, 5.74) is 5.24. The standard InChI is InChI=1S/C8H4BrN3O4S.C2H7NO/c9-5-1-4(16-12-5)3-2-17-8(10-3)11-6(13)7(14)15;3-1-2-4/h1-2H,(H,14,15)(H,10,11,13);4H,1-3H2. The third-order valence-electron chi connectivity index (χ3n) is 1.78. The summed E-state index contributed by atoms with van der Waals surface area (Å²) in [4.78, 5) is 25.2. The van der Waals surface area contributed by atoms with Crippen molar-refractivity contribution in [3.8, 4) is 11.5 Å². The lowest BCUT2D eigenvalue weighted by Crippen LogP contribution is -2.21. The fourth-order valence-corrected chi connectivity index (χ4v) is 1.94. The fraction of sp³-hybridized carbons (Fsp3) is 0.200. The first-order chi connectivity index (χ1) is 9.97. The van der Waals surface area contributed by atoms with Gasteiger partial charge in [0.2, 0.25) is 0 Å². The van der Waals surface area contributed by atoms with Gasteiger partial charge in [0.25, 0.3) is 0 Å². The highest BCUT2D eigenvalue weighted by molar-refractivity contribution is 9.10. The van der Waals surface area contributed by atoms with Gasteiger partial charge in [0.05, 0.1) is 6.61 Å². The fourth-order valence-electron chi connectivity index (χ4n) is 0.969. The summed E-state index contributed by atoms with van der Waals surface area (Å²) in [6, 6.07) is 1.61. The van der Waals surface area contributed by atoms with Gasteiger partial charge in [-0.25, -0.2) is 9.78 Å². The van der Waals surface area contributed by atoms with Crippen molar-refractivity contribution in [2.45, 2.75) is 0 Å². The average Bonchev–Trinajstić information content (AvgIpc) is 3.08. The topological polar surface area (TPSA) is 152 Å². The molecule has 0 unspecified atom stereocenters. The van der Waals surface area contributed by atoms with E-state index in [4.69, 9.17) is 20.5 Å². The number of aliphatic hydroxyl groups excluding tert-OH is 1. The van der Waals surface area contributed by atoms with Gasteiger partial charge in [0, 0.05) is 18.0 Å². The maximum absolute atomic E-state index is 10.9. The van der Waals surface area contributed by atoms with Crippen LogP contribution in [0.15, 0.2) is 20.6 Å². The van der Waals surface area contributed by atoms with E-state index in [0.29, 0.717) is 22.6 Å². The summed E-state index contributed by atoms with van der Waals surface area (Å²) < 4.78 is 5.46. The lowest BCUT2D eigenvalue weighted by atomic mass is 10.4. The Morgan fingerprint density at radius 2 is 2.19 bits per heavy atom. The van der Waals surface area contributed by atoms with E-state index in [1.165, 1.54) is 0 Å². The zero-order valence-corrected chi connectivity index (χ0v) is 12.8. The van der Waals surface area contributed by atoms with Crippen molar-refractivity contribution in [3.63, 3.8) is 0 Å². The molecule has 2 rings (SSSR count). The maximum atomic E-state index is 10.9. The van der Waals surface area contributed by atoms with E-state index in [0.717, 1.165) is 11.3 Å². The number of hydrogen-bond donors (Lipinski definition) is 4. The summed E-state index contributed by atoms with van der Waals surface area (Å²) in [5, 5.41) is 23.7. The lowest BCUT2D eigenvalue weighted by molar-refractivity contribution is -0.147. The molecular formula is C10H11BrN4O5S. The number of thiazole rings is 1. The predicted molar refractivity (Wildman–Crippen MR) is 77.7 cm³/mol. The number of anilines is 1. The average molecular weight is 379 g/mol. The first-order valence-corrected chi connectivity index (χ1v) is 7.08. The molecule has 0 aromatic carbocycles. The molecule has 0 radical (unpaired) electrons. The Bertz CT molecular complexity index is 612. The quantitative estimate of drug-likeness (QED) is 0.564. The van der Waals surface area contributed by atoms with Crippen LogP contribution < -0.4 is 11.1 Å². The van der Waals surface area contributed by atoms with Gasteiger partial charge >= 0.3 is 11.9 Å². The van der Waals surface area contributed by atoms with E-state index >= 15 is 0 Å². The Kier molecular flexibility index (Phi) is 6.94. The molecule has 0 saturated heterocycles. The van der Waals surface area contributed by atoms with Crippen LogP contribution in [0, 0.1) is 0 Å². The van der Waals surface area contributed by atoms with Crippen LogP contribution in [0.4, 0.5) is 5.13 Å². The molecule has 1 amide bonds. The minimum Gasteiger partial charge on any atom is -0.474 e. The molecule has 2 aromatic heterocycles. The lowest BCUT2D eigenvalue weighted by Gasteiger charge is -1.94. The number of nitrogens with zero attached hydrogens (tertiary/aromatic N) is 2. The molecule has 0 aliphatic carbocycles. The number of nitrogens with one attached hydrogen (secondary N) is 1. The van der Waals surface area contributed by atoms with Crippen LogP contribution in [0.3, 0.4) is 0 Å². The molecule has 0 spiro atoms. The first-order valence-electron chi connectivity index (χ1n) is 5.41. The van der Waals surface area contributed by atoms with Crippen molar-refractivity contribution in [1.82, 2.24) is 10.1 Å². The molecule has 5 N–H and O–H groups in total. The molecule has 2 heterocycles. The number of carbonyl (C=O) groups excluding carboxylic acids is 1. The largest absolute Gasteiger partial charge is 0.474 e. The van der Waals surface area contributed by atoms with Crippen molar-refractivity contribution in [2.24, 2.45) is 5.73 Å². The van der Waals surface area contributed by atoms with Crippen LogP contribution in [0.5, 0.6) is 0 Å².